The van der Waals surface area contributed by atoms with Crippen molar-refractivity contribution in [2.45, 2.75) is 31.7 Å². The lowest BCUT2D eigenvalue weighted by molar-refractivity contribution is -0.137. The van der Waals surface area contributed by atoms with Crippen molar-refractivity contribution in [3.63, 3.8) is 0 Å². The summed E-state index contributed by atoms with van der Waals surface area (Å²) in [5, 5.41) is 12.6. The molecular weight excluding hydrogens is 326 g/mol. The van der Waals surface area contributed by atoms with E-state index in [4.69, 9.17) is 16.7 Å². The molecule has 2 N–H and O–H groups in total. The number of carboxylic acids is 1. The molecule has 0 saturated carbocycles. The summed E-state index contributed by atoms with van der Waals surface area (Å²) >= 11 is 5.88. The molecule has 0 heterocycles. The van der Waals surface area contributed by atoms with E-state index >= 15 is 0 Å². The lowest BCUT2D eigenvalue weighted by Gasteiger charge is -2.22. The van der Waals surface area contributed by atoms with Crippen LogP contribution in [-0.2, 0) is 9.59 Å². The summed E-state index contributed by atoms with van der Waals surface area (Å²) in [5.41, 5.74) is 1.64. The second-order valence-electron chi connectivity index (χ2n) is 5.58. The first-order valence-corrected chi connectivity index (χ1v) is 8.21. The van der Waals surface area contributed by atoms with Gasteiger partial charge >= 0.3 is 5.97 Å². The number of halogens is 1. The number of hydrogen-bond donors (Lipinski definition) is 2. The minimum absolute atomic E-state index is 0.176. The molecule has 1 amide bonds. The fourth-order valence-electron chi connectivity index (χ4n) is 2.65. The van der Waals surface area contributed by atoms with Crippen molar-refractivity contribution in [3.05, 3.63) is 70.7 Å². The molecule has 0 aromatic heterocycles. The molecule has 0 saturated heterocycles. The lowest BCUT2D eigenvalue weighted by atomic mass is 9.94. The van der Waals surface area contributed by atoms with E-state index in [1.807, 2.05) is 37.3 Å². The summed E-state index contributed by atoms with van der Waals surface area (Å²) in [4.78, 5) is 23.8. The van der Waals surface area contributed by atoms with E-state index in [1.54, 1.807) is 24.3 Å². The van der Waals surface area contributed by atoms with E-state index in [2.05, 4.69) is 5.32 Å². The standard InChI is InChI=1S/C19H20ClNO3/c1-2-16(13-6-4-3-5-7-13)19(24)21-17(12-18(22)23)14-8-10-15(20)11-9-14/h3-11,16-17H,2,12H2,1H3,(H,21,24)(H,22,23)/t16-,17-/m0/s1. The van der Waals surface area contributed by atoms with Crippen molar-refractivity contribution in [2.24, 2.45) is 0 Å². The monoisotopic (exact) mass is 345 g/mol. The smallest absolute Gasteiger partial charge is 0.305 e. The molecule has 2 aromatic carbocycles. The zero-order valence-electron chi connectivity index (χ0n) is 13.4. The highest BCUT2D eigenvalue weighted by Gasteiger charge is 2.24. The molecule has 0 spiro atoms. The Labute approximate surface area is 146 Å². The molecule has 126 valence electrons. The number of rotatable bonds is 7. The fraction of sp³-hybridized carbons (Fsp3) is 0.263. The topological polar surface area (TPSA) is 66.4 Å². The van der Waals surface area contributed by atoms with Crippen molar-refractivity contribution >= 4 is 23.5 Å². The third-order valence-corrected chi connectivity index (χ3v) is 4.15. The Morgan fingerprint density at radius 2 is 1.67 bits per heavy atom. The summed E-state index contributed by atoms with van der Waals surface area (Å²) in [5.74, 6) is -1.46. The second kappa shape index (κ2) is 8.50. The number of nitrogens with one attached hydrogen (secondary N) is 1. The molecule has 2 rings (SSSR count). The van der Waals surface area contributed by atoms with Crippen LogP contribution in [0.5, 0.6) is 0 Å². The zero-order chi connectivity index (χ0) is 17.5. The normalized spacial score (nSPS) is 13.1. The second-order valence-corrected chi connectivity index (χ2v) is 6.02. The number of aliphatic carboxylic acids is 1. The largest absolute Gasteiger partial charge is 0.481 e. The first-order valence-electron chi connectivity index (χ1n) is 7.83. The molecule has 2 aromatic rings. The predicted octanol–water partition coefficient (Wildman–Crippen LogP) is 4.17. The molecule has 0 aliphatic carbocycles. The summed E-state index contributed by atoms with van der Waals surface area (Å²) in [7, 11) is 0. The third-order valence-electron chi connectivity index (χ3n) is 3.89. The molecule has 2 atom stereocenters. The molecule has 4 nitrogen and oxygen atoms in total. The highest BCUT2D eigenvalue weighted by Crippen LogP contribution is 2.24. The maximum Gasteiger partial charge on any atom is 0.305 e. The van der Waals surface area contributed by atoms with Crippen LogP contribution in [0.25, 0.3) is 0 Å². The molecule has 5 heteroatoms. The van der Waals surface area contributed by atoms with E-state index in [0.29, 0.717) is 11.4 Å². The maximum absolute atomic E-state index is 12.7. The van der Waals surface area contributed by atoms with Gasteiger partial charge in [0.2, 0.25) is 5.91 Å². The fourth-order valence-corrected chi connectivity index (χ4v) is 2.78. The summed E-state index contributed by atoms with van der Waals surface area (Å²) < 4.78 is 0. The van der Waals surface area contributed by atoms with Gasteiger partial charge in [0.1, 0.15) is 0 Å². The number of hydrogen-bond acceptors (Lipinski definition) is 2. The van der Waals surface area contributed by atoms with Crippen molar-refractivity contribution in [2.75, 3.05) is 0 Å². The van der Waals surface area contributed by atoms with Crippen LogP contribution in [0.4, 0.5) is 0 Å². The van der Waals surface area contributed by atoms with Crippen LogP contribution in [0.1, 0.15) is 42.9 Å². The van der Waals surface area contributed by atoms with E-state index < -0.39 is 12.0 Å². The van der Waals surface area contributed by atoms with E-state index in [-0.39, 0.29) is 18.2 Å². The molecule has 0 aliphatic rings. The maximum atomic E-state index is 12.7. The Balaban J connectivity index is 2.20. The Kier molecular flexibility index (Phi) is 6.38. The van der Waals surface area contributed by atoms with Gasteiger partial charge < -0.3 is 10.4 Å². The number of carbonyl (C=O) groups excluding carboxylic acids is 1. The Morgan fingerprint density at radius 1 is 1.04 bits per heavy atom. The minimum Gasteiger partial charge on any atom is -0.481 e. The van der Waals surface area contributed by atoms with Gasteiger partial charge in [0, 0.05) is 5.02 Å². The van der Waals surface area contributed by atoms with Crippen LogP contribution in [-0.4, -0.2) is 17.0 Å². The van der Waals surface area contributed by atoms with Crippen LogP contribution in [0.15, 0.2) is 54.6 Å². The van der Waals surface area contributed by atoms with Crippen LogP contribution in [0.2, 0.25) is 5.02 Å². The quantitative estimate of drug-likeness (QED) is 0.791. The van der Waals surface area contributed by atoms with Crippen LogP contribution < -0.4 is 5.32 Å². The Bertz CT molecular complexity index is 686. The van der Waals surface area contributed by atoms with Gasteiger partial charge in [0.15, 0.2) is 0 Å². The average Bonchev–Trinajstić information content (AvgIpc) is 2.56. The first-order chi connectivity index (χ1) is 11.5. The van der Waals surface area contributed by atoms with Gasteiger partial charge in [-0.3, -0.25) is 9.59 Å². The highest BCUT2D eigenvalue weighted by atomic mass is 35.5. The molecule has 0 bridgehead atoms. The highest BCUT2D eigenvalue weighted by molar-refractivity contribution is 6.30. The molecule has 0 aliphatic heterocycles. The minimum atomic E-state index is -0.969. The number of carboxylic acid groups (broad SMARTS) is 1. The lowest BCUT2D eigenvalue weighted by Crippen LogP contribution is -2.34. The van der Waals surface area contributed by atoms with Gasteiger partial charge in [0.25, 0.3) is 0 Å². The van der Waals surface area contributed by atoms with Gasteiger partial charge in [-0.25, -0.2) is 0 Å². The Morgan fingerprint density at radius 3 is 2.21 bits per heavy atom. The van der Waals surface area contributed by atoms with Crippen molar-refractivity contribution in [1.29, 1.82) is 0 Å². The molecule has 0 fully saturated rings. The zero-order valence-corrected chi connectivity index (χ0v) is 14.2. The van der Waals surface area contributed by atoms with E-state index in [1.165, 1.54) is 0 Å². The third kappa shape index (κ3) is 4.83. The van der Waals surface area contributed by atoms with Crippen LogP contribution in [0, 0.1) is 0 Å². The van der Waals surface area contributed by atoms with Crippen molar-refractivity contribution in [3.8, 4) is 0 Å². The Hall–Kier alpha value is -2.33. The molecule has 0 radical (unpaired) electrons. The predicted molar refractivity (Wildman–Crippen MR) is 94.1 cm³/mol. The van der Waals surface area contributed by atoms with Crippen molar-refractivity contribution in [1.82, 2.24) is 5.32 Å². The summed E-state index contributed by atoms with van der Waals surface area (Å²) in [6.45, 7) is 1.94. The molecule has 24 heavy (non-hydrogen) atoms. The number of benzene rings is 2. The van der Waals surface area contributed by atoms with Gasteiger partial charge in [-0.15, -0.1) is 0 Å². The SMILES string of the molecule is CC[C@H](C(=O)N[C@@H](CC(=O)O)c1ccc(Cl)cc1)c1ccccc1. The first kappa shape index (κ1) is 18.0. The van der Waals surface area contributed by atoms with Gasteiger partial charge in [0.05, 0.1) is 18.4 Å². The molecule has 0 unspecified atom stereocenters. The van der Waals surface area contributed by atoms with Gasteiger partial charge in [-0.05, 0) is 29.7 Å². The van der Waals surface area contributed by atoms with Crippen LogP contribution >= 0.6 is 11.6 Å². The van der Waals surface area contributed by atoms with Gasteiger partial charge in [-0.1, -0.05) is 61.0 Å². The summed E-state index contributed by atoms with van der Waals surface area (Å²) in [6, 6.07) is 15.7. The van der Waals surface area contributed by atoms with E-state index in [9.17, 15) is 9.59 Å². The average molecular weight is 346 g/mol. The van der Waals surface area contributed by atoms with Gasteiger partial charge in [-0.2, -0.15) is 0 Å². The number of carbonyl (C=O) groups is 2. The van der Waals surface area contributed by atoms with Crippen LogP contribution in [0.3, 0.4) is 0 Å². The molecular formula is C19H20ClNO3. The number of amides is 1. The summed E-state index contributed by atoms with van der Waals surface area (Å²) in [6.07, 6.45) is 0.453. The van der Waals surface area contributed by atoms with E-state index in [0.717, 1.165) is 11.1 Å². The van der Waals surface area contributed by atoms with Crippen molar-refractivity contribution < 1.29 is 14.7 Å².